The molecular weight excluding hydrogens is 812 g/mol. The van der Waals surface area contributed by atoms with Crippen LogP contribution in [0, 0.1) is 17.8 Å². The van der Waals surface area contributed by atoms with Gasteiger partial charge in [-0.15, -0.1) is 0 Å². The van der Waals surface area contributed by atoms with Crippen LogP contribution in [0.5, 0.6) is 0 Å². The number of ether oxygens (including phenoxy) is 12. The van der Waals surface area contributed by atoms with E-state index in [1.807, 2.05) is 44.2 Å². The molecule has 0 radical (unpaired) electrons. The van der Waals surface area contributed by atoms with Crippen LogP contribution in [-0.4, -0.2) is 145 Å². The van der Waals surface area contributed by atoms with E-state index in [0.717, 1.165) is 32.6 Å². The standard InChI is InChI=1S/C45H68O17/c1-11-30(2)25-31(3)17-18-37(48)60-40-39(57-28-55-23-21-51-7)43(20-19-32(4)38(59-34(6)47)33(5)26-35-15-13-12-14-16-35)61-36(27-46)44(41(49)53-9,58-29-56-24-22-52-8)45(40,62-43)42(50)54-10/h12-18,30-31,33,36,38-40,46H,4,11,19-29H2,1-3,5-10H3/b18-17+/t30-,31+,33+,36+,38+,39+,40+,43-,44+,45-/m0/s1. The number of rotatable bonds is 29. The lowest BCUT2D eigenvalue weighted by Crippen LogP contribution is -2.78. The number of aliphatic hydroxyl groups is 1. The number of allylic oxidation sites excluding steroid dienone is 1. The lowest BCUT2D eigenvalue weighted by Gasteiger charge is -2.52. The number of hydrogen-bond acceptors (Lipinski definition) is 17. The molecule has 2 fully saturated rings. The molecule has 2 aliphatic heterocycles. The molecule has 0 aromatic heterocycles. The van der Waals surface area contributed by atoms with Crippen molar-refractivity contribution in [1.82, 2.24) is 0 Å². The summed E-state index contributed by atoms with van der Waals surface area (Å²) in [5.74, 6) is -6.04. The molecule has 62 heavy (non-hydrogen) atoms. The summed E-state index contributed by atoms with van der Waals surface area (Å²) in [6.07, 6.45) is -1.17. The summed E-state index contributed by atoms with van der Waals surface area (Å²) in [6, 6.07) is 9.65. The maximum Gasteiger partial charge on any atom is 0.346 e. The maximum absolute atomic E-state index is 14.7. The van der Waals surface area contributed by atoms with Gasteiger partial charge in [0.15, 0.2) is 12.2 Å². The number of carbonyl (C=O) groups is 4. The summed E-state index contributed by atoms with van der Waals surface area (Å²) < 4.78 is 70.1. The van der Waals surface area contributed by atoms with E-state index >= 15 is 0 Å². The Labute approximate surface area is 365 Å². The lowest BCUT2D eigenvalue weighted by molar-refractivity contribution is -0.398. The average molecular weight is 881 g/mol. The van der Waals surface area contributed by atoms with Crippen LogP contribution in [0.1, 0.15) is 65.9 Å². The number of hydrogen-bond donors (Lipinski definition) is 1. The molecule has 17 nitrogen and oxygen atoms in total. The number of methoxy groups -OCH3 is 4. The molecular formula is C45H68O17. The van der Waals surface area contributed by atoms with Gasteiger partial charge in [0, 0.05) is 39.6 Å². The Bertz CT molecular complexity index is 1600. The Morgan fingerprint density at radius 2 is 1.55 bits per heavy atom. The molecule has 1 N–H and O–H groups in total. The number of benzene rings is 1. The highest BCUT2D eigenvalue weighted by atomic mass is 16.8. The minimum Gasteiger partial charge on any atom is -0.467 e. The third-order valence-electron chi connectivity index (χ3n) is 11.2. The molecule has 0 saturated carbocycles. The Hall–Kier alpha value is -3.78. The van der Waals surface area contributed by atoms with Crippen molar-refractivity contribution in [2.45, 2.75) is 108 Å². The normalized spacial score (nSPS) is 26.3. The highest BCUT2D eigenvalue weighted by molar-refractivity contribution is 5.96. The summed E-state index contributed by atoms with van der Waals surface area (Å²) in [7, 11) is 5.02. The first-order chi connectivity index (χ1) is 29.7. The Balaban J connectivity index is 2.26. The molecule has 1 aromatic carbocycles. The van der Waals surface area contributed by atoms with E-state index in [-0.39, 0.29) is 51.1 Å². The molecule has 0 spiro atoms. The fraction of sp³-hybridized carbons (Fsp3) is 0.689. The van der Waals surface area contributed by atoms with Gasteiger partial charge in [0.2, 0.25) is 17.0 Å². The number of esters is 4. The van der Waals surface area contributed by atoms with Crippen molar-refractivity contribution in [1.29, 1.82) is 0 Å². The van der Waals surface area contributed by atoms with E-state index in [0.29, 0.717) is 17.9 Å². The van der Waals surface area contributed by atoms with Gasteiger partial charge < -0.3 is 61.9 Å². The first kappa shape index (κ1) is 52.6. The van der Waals surface area contributed by atoms with Crippen LogP contribution in [0.2, 0.25) is 0 Å². The largest absolute Gasteiger partial charge is 0.467 e. The fourth-order valence-corrected chi connectivity index (χ4v) is 8.00. The van der Waals surface area contributed by atoms with Gasteiger partial charge in [0.25, 0.3) is 0 Å². The van der Waals surface area contributed by atoms with Crippen LogP contribution in [0.25, 0.3) is 0 Å². The minimum absolute atomic E-state index is 0.00320. The fourth-order valence-electron chi connectivity index (χ4n) is 8.00. The van der Waals surface area contributed by atoms with Crippen molar-refractivity contribution in [2.75, 3.05) is 75.1 Å². The third kappa shape index (κ3) is 12.7. The zero-order valence-electron chi connectivity index (χ0n) is 37.8. The monoisotopic (exact) mass is 880 g/mol. The number of fused-ring (bicyclic) bond motifs is 2. The first-order valence-corrected chi connectivity index (χ1v) is 21.0. The SMILES string of the molecule is C=C(CC[C@]12O[C@H](CO)[C@@](OCOCCOC)(C(=O)OC)[C@](C(=O)OC)(O1)[C@H](OC(=O)/C=C/[C@@H](C)C[C@@H](C)CC)[C@H]2OCOCCOC)[C@@H](OC(C)=O)[C@H](C)Cc1ccccc1. The molecule has 350 valence electrons. The Morgan fingerprint density at radius 1 is 0.903 bits per heavy atom. The number of carbonyl (C=O) groups excluding carboxylic acids is 4. The van der Waals surface area contributed by atoms with E-state index < -0.39 is 85.5 Å². The van der Waals surface area contributed by atoms with E-state index in [9.17, 15) is 24.3 Å². The topological polar surface area (TPSA) is 199 Å². The van der Waals surface area contributed by atoms with Crippen LogP contribution in [0.3, 0.4) is 0 Å². The quantitative estimate of drug-likeness (QED) is 0.0299. The van der Waals surface area contributed by atoms with E-state index in [1.54, 1.807) is 6.08 Å². The van der Waals surface area contributed by atoms with Crippen LogP contribution >= 0.6 is 0 Å². The Morgan fingerprint density at radius 3 is 2.13 bits per heavy atom. The lowest BCUT2D eigenvalue weighted by atomic mass is 9.74. The second kappa shape index (κ2) is 25.5. The van der Waals surface area contributed by atoms with E-state index in [4.69, 9.17) is 56.8 Å². The summed E-state index contributed by atoms with van der Waals surface area (Å²) in [5.41, 5.74) is -4.12. The van der Waals surface area contributed by atoms with Crippen LogP contribution in [0.4, 0.5) is 0 Å². The molecule has 0 unspecified atom stereocenters. The van der Waals surface area contributed by atoms with Gasteiger partial charge in [0.1, 0.15) is 25.8 Å². The van der Waals surface area contributed by atoms with E-state index in [1.165, 1.54) is 27.2 Å². The van der Waals surface area contributed by atoms with Gasteiger partial charge in [-0.1, -0.05) is 77.1 Å². The van der Waals surface area contributed by atoms with Crippen molar-refractivity contribution in [3.8, 4) is 0 Å². The van der Waals surface area contributed by atoms with Crippen LogP contribution in [-0.2, 0) is 82.4 Å². The maximum atomic E-state index is 14.7. The molecule has 10 atom stereocenters. The van der Waals surface area contributed by atoms with Gasteiger partial charge in [-0.2, -0.15) is 0 Å². The van der Waals surface area contributed by atoms with Crippen LogP contribution in [0.15, 0.2) is 54.6 Å². The zero-order valence-corrected chi connectivity index (χ0v) is 37.8. The van der Waals surface area contributed by atoms with Gasteiger partial charge >= 0.3 is 23.9 Å². The second-order valence-corrected chi connectivity index (χ2v) is 15.7. The predicted octanol–water partition coefficient (Wildman–Crippen LogP) is 4.26. The van der Waals surface area contributed by atoms with Crippen molar-refractivity contribution < 1.29 is 81.1 Å². The van der Waals surface area contributed by atoms with Crippen molar-refractivity contribution in [3.63, 3.8) is 0 Å². The molecule has 0 amide bonds. The summed E-state index contributed by atoms with van der Waals surface area (Å²) in [6.45, 7) is 11.9. The summed E-state index contributed by atoms with van der Waals surface area (Å²) in [5, 5.41) is 11.1. The smallest absolute Gasteiger partial charge is 0.346 e. The molecule has 2 heterocycles. The summed E-state index contributed by atoms with van der Waals surface area (Å²) >= 11 is 0. The zero-order chi connectivity index (χ0) is 45.9. The van der Waals surface area contributed by atoms with Crippen molar-refractivity contribution in [2.24, 2.45) is 17.8 Å². The molecule has 3 rings (SSSR count). The first-order valence-electron chi connectivity index (χ1n) is 21.0. The minimum atomic E-state index is -2.80. The van der Waals surface area contributed by atoms with E-state index in [2.05, 4.69) is 20.4 Å². The Kier molecular flexibility index (Phi) is 21.6. The molecule has 0 aliphatic carbocycles. The highest BCUT2D eigenvalue weighted by Gasteiger charge is 2.86. The van der Waals surface area contributed by atoms with Gasteiger partial charge in [-0.05, 0) is 42.2 Å². The summed E-state index contributed by atoms with van der Waals surface area (Å²) in [4.78, 5) is 55.6. The van der Waals surface area contributed by atoms with Crippen LogP contribution < -0.4 is 0 Å². The molecule has 2 bridgehead atoms. The van der Waals surface area contributed by atoms with Gasteiger partial charge in [-0.3, -0.25) is 4.79 Å². The predicted molar refractivity (Wildman–Crippen MR) is 222 cm³/mol. The molecule has 2 aliphatic rings. The molecule has 1 aromatic rings. The number of aliphatic hydroxyl groups excluding tert-OH is 1. The van der Waals surface area contributed by atoms with Crippen molar-refractivity contribution >= 4 is 23.9 Å². The van der Waals surface area contributed by atoms with Gasteiger partial charge in [0.05, 0.1) is 47.3 Å². The average Bonchev–Trinajstić information content (AvgIpc) is 3.49. The molecule has 17 heteroatoms. The second-order valence-electron chi connectivity index (χ2n) is 15.7. The van der Waals surface area contributed by atoms with Crippen molar-refractivity contribution in [3.05, 3.63) is 60.2 Å². The van der Waals surface area contributed by atoms with Gasteiger partial charge in [-0.25, -0.2) is 14.4 Å². The third-order valence-corrected chi connectivity index (χ3v) is 11.2. The molecule has 2 saturated heterocycles. The highest BCUT2D eigenvalue weighted by Crippen LogP contribution is 2.58.